The van der Waals surface area contributed by atoms with E-state index in [1.54, 1.807) is 19.1 Å². The zero-order valence-electron chi connectivity index (χ0n) is 17.9. The number of aromatic amines is 1. The van der Waals surface area contributed by atoms with Crippen molar-refractivity contribution in [1.29, 1.82) is 0 Å². The van der Waals surface area contributed by atoms with Gasteiger partial charge in [-0.15, -0.1) is 0 Å². The average molecular weight is 469 g/mol. The zero-order valence-corrected chi connectivity index (χ0v) is 18.7. The van der Waals surface area contributed by atoms with E-state index < -0.39 is 27.5 Å². The highest BCUT2D eigenvalue weighted by molar-refractivity contribution is 7.91. The lowest BCUT2D eigenvalue weighted by molar-refractivity contribution is -0.137. The molecule has 3 N–H and O–H groups in total. The Morgan fingerprint density at radius 3 is 2.48 bits per heavy atom. The van der Waals surface area contributed by atoms with Crippen molar-refractivity contribution in [2.75, 3.05) is 5.32 Å². The van der Waals surface area contributed by atoms with Crippen molar-refractivity contribution in [1.82, 2.24) is 4.98 Å². The van der Waals surface area contributed by atoms with Crippen LogP contribution in [0.15, 0.2) is 52.3 Å². The summed E-state index contributed by atoms with van der Waals surface area (Å²) in [5, 5.41) is 11.9. The fourth-order valence-electron chi connectivity index (χ4n) is 3.93. The molecule has 0 bridgehead atoms. The third-order valence-electron chi connectivity index (χ3n) is 5.50. The van der Waals surface area contributed by atoms with Gasteiger partial charge >= 0.3 is 5.97 Å². The standard InChI is InChI=1S/C24H21FN2O5S/c1-13-3-6-16(7-4-13)33(31,32)23-14(2)26-21(17(23)8-10-22(28)29)12-19-18-11-15(25)5-9-20(18)27-24(19)30/h3-7,9,11-12,26H,8,10H2,1-2H3,(H,27,30)(H,28,29). The quantitative estimate of drug-likeness (QED) is 0.471. The zero-order chi connectivity index (χ0) is 23.9. The number of carbonyl (C=O) groups excluding carboxylic acids is 1. The number of carboxylic acids is 1. The van der Waals surface area contributed by atoms with Crippen molar-refractivity contribution in [2.24, 2.45) is 0 Å². The number of sulfone groups is 1. The predicted octanol–water partition coefficient (Wildman–Crippen LogP) is 4.11. The van der Waals surface area contributed by atoms with Crippen LogP contribution in [0.2, 0.25) is 0 Å². The molecule has 0 radical (unpaired) electrons. The fourth-order valence-corrected chi connectivity index (χ4v) is 5.65. The number of aryl methyl sites for hydroxylation is 2. The largest absolute Gasteiger partial charge is 0.481 e. The summed E-state index contributed by atoms with van der Waals surface area (Å²) in [5.74, 6) is -2.07. The SMILES string of the molecule is Cc1ccc(S(=O)(=O)c2c(C)[nH]c(C=C3C(=O)Nc4ccc(F)cc43)c2CCC(=O)O)cc1. The van der Waals surface area contributed by atoms with Crippen LogP contribution in [0.1, 0.15) is 34.5 Å². The first-order valence-electron chi connectivity index (χ1n) is 10.2. The molecule has 1 amide bonds. The Labute approximate surface area is 189 Å². The minimum absolute atomic E-state index is 0.0164. The molecule has 0 saturated carbocycles. The third kappa shape index (κ3) is 4.19. The highest BCUT2D eigenvalue weighted by Gasteiger charge is 2.30. The van der Waals surface area contributed by atoms with Crippen molar-refractivity contribution in [3.63, 3.8) is 0 Å². The average Bonchev–Trinajstić information content (AvgIpc) is 3.23. The maximum Gasteiger partial charge on any atom is 0.303 e. The number of rotatable bonds is 6. The first-order chi connectivity index (χ1) is 15.6. The first kappa shape index (κ1) is 22.5. The monoisotopic (exact) mass is 468 g/mol. The van der Waals surface area contributed by atoms with Gasteiger partial charge in [0.15, 0.2) is 0 Å². The van der Waals surface area contributed by atoms with Gasteiger partial charge in [-0.3, -0.25) is 9.59 Å². The number of fused-ring (bicyclic) bond motifs is 1. The van der Waals surface area contributed by atoms with E-state index in [9.17, 15) is 27.5 Å². The second-order valence-corrected chi connectivity index (χ2v) is 9.77. The van der Waals surface area contributed by atoms with Crippen molar-refractivity contribution in [3.05, 3.63) is 76.4 Å². The molecule has 7 nitrogen and oxygen atoms in total. The van der Waals surface area contributed by atoms with Crippen LogP contribution in [0.3, 0.4) is 0 Å². The summed E-state index contributed by atoms with van der Waals surface area (Å²) in [4.78, 5) is 26.9. The van der Waals surface area contributed by atoms with Crippen LogP contribution in [-0.4, -0.2) is 30.4 Å². The summed E-state index contributed by atoms with van der Waals surface area (Å²) in [6.45, 7) is 3.42. The first-order valence-corrected chi connectivity index (χ1v) is 11.6. The lowest BCUT2D eigenvalue weighted by atomic mass is 10.0. The number of benzene rings is 2. The number of aromatic nitrogens is 1. The van der Waals surface area contributed by atoms with Crippen LogP contribution in [0.25, 0.3) is 11.6 Å². The van der Waals surface area contributed by atoms with Crippen LogP contribution in [0.4, 0.5) is 10.1 Å². The number of anilines is 1. The molecule has 1 aromatic heterocycles. The van der Waals surface area contributed by atoms with E-state index >= 15 is 0 Å². The topological polar surface area (TPSA) is 116 Å². The molecular weight excluding hydrogens is 447 g/mol. The van der Waals surface area contributed by atoms with E-state index in [1.165, 1.54) is 36.4 Å². The highest BCUT2D eigenvalue weighted by atomic mass is 32.2. The molecule has 1 aliphatic rings. The molecule has 9 heteroatoms. The predicted molar refractivity (Wildman–Crippen MR) is 121 cm³/mol. The Morgan fingerprint density at radius 2 is 1.82 bits per heavy atom. The van der Waals surface area contributed by atoms with Crippen LogP contribution in [-0.2, 0) is 25.8 Å². The van der Waals surface area contributed by atoms with Crippen molar-refractivity contribution in [2.45, 2.75) is 36.5 Å². The Bertz CT molecular complexity index is 1420. The minimum Gasteiger partial charge on any atom is -0.481 e. The Morgan fingerprint density at radius 1 is 1.12 bits per heavy atom. The minimum atomic E-state index is -3.97. The van der Waals surface area contributed by atoms with Gasteiger partial charge in [0.2, 0.25) is 9.84 Å². The maximum absolute atomic E-state index is 13.8. The molecular formula is C24H21FN2O5S. The molecule has 0 spiro atoms. The number of aliphatic carboxylic acids is 1. The summed E-state index contributed by atoms with van der Waals surface area (Å²) >= 11 is 0. The van der Waals surface area contributed by atoms with Crippen molar-refractivity contribution < 1.29 is 27.5 Å². The van der Waals surface area contributed by atoms with Gasteiger partial charge < -0.3 is 15.4 Å². The Balaban J connectivity index is 1.90. The van der Waals surface area contributed by atoms with Gasteiger partial charge in [-0.05, 0) is 62.2 Å². The van der Waals surface area contributed by atoms with Gasteiger partial charge in [-0.25, -0.2) is 12.8 Å². The molecule has 33 heavy (non-hydrogen) atoms. The molecule has 0 saturated heterocycles. The van der Waals surface area contributed by atoms with Gasteiger partial charge in [0.1, 0.15) is 5.82 Å². The Kier molecular flexibility index (Phi) is 5.67. The second kappa shape index (κ2) is 8.32. The van der Waals surface area contributed by atoms with Crippen molar-refractivity contribution >= 4 is 39.1 Å². The van der Waals surface area contributed by atoms with Gasteiger partial charge in [0.05, 0.1) is 15.4 Å². The molecule has 2 aromatic carbocycles. The molecule has 4 rings (SSSR count). The maximum atomic E-state index is 13.8. The highest BCUT2D eigenvalue weighted by Crippen LogP contribution is 2.36. The number of carboxylic acid groups (broad SMARTS) is 1. The van der Waals surface area contributed by atoms with E-state index in [4.69, 9.17) is 0 Å². The lowest BCUT2D eigenvalue weighted by Gasteiger charge is -2.09. The number of halogens is 1. The molecule has 3 aromatic rings. The summed E-state index contributed by atoms with van der Waals surface area (Å²) in [6.07, 6.45) is 1.07. The fraction of sp³-hybridized carbons (Fsp3) is 0.167. The van der Waals surface area contributed by atoms with Crippen LogP contribution in [0.5, 0.6) is 0 Å². The van der Waals surface area contributed by atoms with E-state index in [0.717, 1.165) is 5.56 Å². The van der Waals surface area contributed by atoms with Crippen LogP contribution < -0.4 is 5.32 Å². The summed E-state index contributed by atoms with van der Waals surface area (Å²) in [7, 11) is -3.97. The smallest absolute Gasteiger partial charge is 0.303 e. The molecule has 0 fully saturated rings. The van der Waals surface area contributed by atoms with Crippen LogP contribution in [0, 0.1) is 19.7 Å². The molecule has 170 valence electrons. The second-order valence-electron chi connectivity index (χ2n) is 7.88. The summed E-state index contributed by atoms with van der Waals surface area (Å²) in [6, 6.07) is 10.3. The molecule has 0 unspecified atom stereocenters. The summed E-state index contributed by atoms with van der Waals surface area (Å²) in [5.41, 5.74) is 2.72. The van der Waals surface area contributed by atoms with Gasteiger partial charge in [-0.2, -0.15) is 0 Å². The van der Waals surface area contributed by atoms with E-state index in [2.05, 4.69) is 10.3 Å². The lowest BCUT2D eigenvalue weighted by Crippen LogP contribution is -2.08. The molecule has 0 aliphatic carbocycles. The van der Waals surface area contributed by atoms with Gasteiger partial charge in [0.25, 0.3) is 5.91 Å². The van der Waals surface area contributed by atoms with E-state index in [-0.39, 0.29) is 33.8 Å². The van der Waals surface area contributed by atoms with Crippen LogP contribution >= 0.6 is 0 Å². The molecule has 1 aliphatic heterocycles. The number of hydrogen-bond donors (Lipinski definition) is 3. The normalized spacial score (nSPS) is 14.4. The number of carbonyl (C=O) groups is 2. The van der Waals surface area contributed by atoms with E-state index in [1.807, 2.05) is 6.92 Å². The van der Waals surface area contributed by atoms with Crippen molar-refractivity contribution in [3.8, 4) is 0 Å². The van der Waals surface area contributed by atoms with Gasteiger partial charge in [-0.1, -0.05) is 17.7 Å². The number of H-pyrrole nitrogens is 1. The number of nitrogens with one attached hydrogen (secondary N) is 2. The summed E-state index contributed by atoms with van der Waals surface area (Å²) < 4.78 is 40.8. The molecule has 2 heterocycles. The van der Waals surface area contributed by atoms with Gasteiger partial charge in [0, 0.05) is 29.1 Å². The number of hydrogen-bond acceptors (Lipinski definition) is 4. The number of amides is 1. The Hall–Kier alpha value is -3.72. The third-order valence-corrected chi connectivity index (χ3v) is 7.49. The molecule has 0 atom stereocenters. The van der Waals surface area contributed by atoms with E-state index in [0.29, 0.717) is 22.6 Å².